The third-order valence-electron chi connectivity index (χ3n) is 2.25. The Morgan fingerprint density at radius 3 is 2.50 bits per heavy atom. The lowest BCUT2D eigenvalue weighted by molar-refractivity contribution is 0.823. The van der Waals surface area contributed by atoms with Gasteiger partial charge in [-0.3, -0.25) is 4.57 Å². The van der Waals surface area contributed by atoms with Gasteiger partial charge in [-0.25, -0.2) is 4.79 Å². The van der Waals surface area contributed by atoms with Gasteiger partial charge in [-0.05, 0) is 24.3 Å². The van der Waals surface area contributed by atoms with E-state index in [-0.39, 0.29) is 5.69 Å². The van der Waals surface area contributed by atoms with Gasteiger partial charge in [0.1, 0.15) is 11.8 Å². The fourth-order valence-electron chi connectivity index (χ4n) is 1.48. The fourth-order valence-corrected chi connectivity index (χ4v) is 1.60. The molecule has 0 amide bonds. The molecule has 1 heterocycles. The molecule has 4 nitrogen and oxygen atoms in total. The van der Waals surface area contributed by atoms with E-state index in [1.807, 2.05) is 6.07 Å². The van der Waals surface area contributed by atoms with Crippen LogP contribution in [0.25, 0.3) is 5.69 Å². The van der Waals surface area contributed by atoms with Gasteiger partial charge in [0.2, 0.25) is 0 Å². The molecular weight excluding hydrogens is 226 g/mol. The van der Waals surface area contributed by atoms with Crippen LogP contribution in [0.3, 0.4) is 0 Å². The Labute approximate surface area is 96.9 Å². The van der Waals surface area contributed by atoms with Gasteiger partial charge in [0.25, 0.3) is 0 Å². The number of halogens is 1. The summed E-state index contributed by atoms with van der Waals surface area (Å²) in [6.45, 7) is 0. The topological polar surface area (TPSA) is 50.7 Å². The van der Waals surface area contributed by atoms with Crippen LogP contribution in [0.2, 0.25) is 5.02 Å². The normalized spacial score (nSPS) is 10.1. The summed E-state index contributed by atoms with van der Waals surface area (Å²) in [6, 6.07) is 8.73. The van der Waals surface area contributed by atoms with E-state index in [1.165, 1.54) is 15.3 Å². The minimum Gasteiger partial charge on any atom is -0.301 e. The molecule has 2 aromatic rings. The molecule has 1 aromatic heterocycles. The van der Waals surface area contributed by atoms with Gasteiger partial charge in [-0.1, -0.05) is 11.6 Å². The van der Waals surface area contributed by atoms with Crippen LogP contribution in [0.4, 0.5) is 0 Å². The summed E-state index contributed by atoms with van der Waals surface area (Å²) in [5.41, 5.74) is 0.681. The molecular formula is C11H8ClN3O. The van der Waals surface area contributed by atoms with Gasteiger partial charge in [0.15, 0.2) is 0 Å². The van der Waals surface area contributed by atoms with Gasteiger partial charge in [-0.2, -0.15) is 5.26 Å². The maximum absolute atomic E-state index is 11.8. The van der Waals surface area contributed by atoms with Crippen molar-refractivity contribution in [2.75, 3.05) is 0 Å². The summed E-state index contributed by atoms with van der Waals surface area (Å²) in [5.74, 6) is 0. The van der Waals surface area contributed by atoms with Crippen molar-refractivity contribution < 1.29 is 0 Å². The van der Waals surface area contributed by atoms with E-state index in [2.05, 4.69) is 0 Å². The molecule has 1 aromatic carbocycles. The molecule has 5 heteroatoms. The number of nitrogens with zero attached hydrogens (tertiary/aromatic N) is 3. The summed E-state index contributed by atoms with van der Waals surface area (Å²) >= 11 is 5.76. The number of nitriles is 1. The average molecular weight is 234 g/mol. The van der Waals surface area contributed by atoms with Crippen molar-refractivity contribution in [2.24, 2.45) is 7.05 Å². The lowest BCUT2D eigenvalue weighted by atomic mass is 10.3. The number of benzene rings is 1. The van der Waals surface area contributed by atoms with Crippen molar-refractivity contribution in [2.45, 2.75) is 0 Å². The molecule has 0 saturated carbocycles. The Bertz CT molecular complexity index is 616. The first-order valence-electron chi connectivity index (χ1n) is 4.58. The molecule has 80 valence electrons. The number of hydrogen-bond acceptors (Lipinski definition) is 2. The lowest BCUT2D eigenvalue weighted by Gasteiger charge is -2.01. The number of rotatable bonds is 1. The number of imidazole rings is 1. The van der Waals surface area contributed by atoms with Gasteiger partial charge >= 0.3 is 5.69 Å². The molecule has 0 radical (unpaired) electrons. The zero-order chi connectivity index (χ0) is 11.7. The second-order valence-electron chi connectivity index (χ2n) is 3.33. The number of aromatic nitrogens is 2. The van der Waals surface area contributed by atoms with Crippen molar-refractivity contribution in [3.63, 3.8) is 0 Å². The highest BCUT2D eigenvalue weighted by molar-refractivity contribution is 6.30. The minimum absolute atomic E-state index is 0.251. The maximum Gasteiger partial charge on any atom is 0.333 e. The minimum atomic E-state index is -0.251. The van der Waals surface area contributed by atoms with Crippen LogP contribution in [0.1, 0.15) is 5.69 Å². The standard InChI is InChI=1S/C11H8ClN3O/c1-14-7-10(6-13)15(11(14)16)9-4-2-8(12)3-5-9/h2-5,7H,1H3. The summed E-state index contributed by atoms with van der Waals surface area (Å²) in [7, 11) is 1.61. The zero-order valence-electron chi connectivity index (χ0n) is 8.51. The van der Waals surface area contributed by atoms with Crippen LogP contribution < -0.4 is 5.69 Å². The van der Waals surface area contributed by atoms with E-state index in [0.29, 0.717) is 16.4 Å². The predicted molar refractivity (Wildman–Crippen MR) is 60.7 cm³/mol. The molecule has 0 aliphatic rings. The Hall–Kier alpha value is -1.99. The van der Waals surface area contributed by atoms with Crippen molar-refractivity contribution in [1.29, 1.82) is 5.26 Å². The smallest absolute Gasteiger partial charge is 0.301 e. The van der Waals surface area contributed by atoms with Crippen molar-refractivity contribution >= 4 is 11.6 Å². The number of aryl methyl sites for hydroxylation is 1. The number of hydrogen-bond donors (Lipinski definition) is 0. The Kier molecular flexibility index (Phi) is 2.55. The molecule has 0 aliphatic carbocycles. The van der Waals surface area contributed by atoms with Gasteiger partial charge < -0.3 is 4.57 Å². The fraction of sp³-hybridized carbons (Fsp3) is 0.0909. The van der Waals surface area contributed by atoms with Crippen molar-refractivity contribution in [3.8, 4) is 11.8 Å². The summed E-state index contributed by atoms with van der Waals surface area (Å²) in [5, 5.41) is 9.51. The average Bonchev–Trinajstić information content (AvgIpc) is 2.57. The van der Waals surface area contributed by atoms with E-state index in [1.54, 1.807) is 31.3 Å². The van der Waals surface area contributed by atoms with Crippen LogP contribution in [0.15, 0.2) is 35.3 Å². The third-order valence-corrected chi connectivity index (χ3v) is 2.50. The molecule has 0 aliphatic heterocycles. The highest BCUT2D eigenvalue weighted by Gasteiger charge is 2.09. The molecule has 0 spiro atoms. The Morgan fingerprint density at radius 2 is 1.94 bits per heavy atom. The van der Waals surface area contributed by atoms with E-state index < -0.39 is 0 Å². The van der Waals surface area contributed by atoms with Gasteiger partial charge in [0.05, 0.1) is 5.69 Å². The highest BCUT2D eigenvalue weighted by atomic mass is 35.5. The summed E-state index contributed by atoms with van der Waals surface area (Å²) in [6.07, 6.45) is 1.50. The van der Waals surface area contributed by atoms with Crippen LogP contribution in [0, 0.1) is 11.3 Å². The second-order valence-corrected chi connectivity index (χ2v) is 3.77. The molecule has 0 atom stereocenters. The van der Waals surface area contributed by atoms with Crippen molar-refractivity contribution in [1.82, 2.24) is 9.13 Å². The van der Waals surface area contributed by atoms with Gasteiger partial charge in [-0.15, -0.1) is 0 Å². The maximum atomic E-state index is 11.8. The van der Waals surface area contributed by atoms with Crippen LogP contribution in [-0.4, -0.2) is 9.13 Å². The Morgan fingerprint density at radius 1 is 1.31 bits per heavy atom. The van der Waals surface area contributed by atoms with E-state index >= 15 is 0 Å². The van der Waals surface area contributed by atoms with Crippen LogP contribution in [0.5, 0.6) is 0 Å². The Balaban J connectivity index is 2.69. The third kappa shape index (κ3) is 1.62. The van der Waals surface area contributed by atoms with Crippen LogP contribution >= 0.6 is 11.6 Å². The highest BCUT2D eigenvalue weighted by Crippen LogP contribution is 2.13. The first-order chi connectivity index (χ1) is 7.63. The molecule has 0 N–H and O–H groups in total. The predicted octanol–water partition coefficient (Wildman–Crippen LogP) is 1.70. The lowest BCUT2D eigenvalue weighted by Crippen LogP contribution is -2.21. The summed E-state index contributed by atoms with van der Waals surface area (Å²) < 4.78 is 2.71. The van der Waals surface area contributed by atoms with Gasteiger partial charge in [0, 0.05) is 18.3 Å². The monoisotopic (exact) mass is 233 g/mol. The zero-order valence-corrected chi connectivity index (χ0v) is 9.27. The van der Waals surface area contributed by atoms with E-state index in [4.69, 9.17) is 16.9 Å². The molecule has 0 saturated heterocycles. The molecule has 16 heavy (non-hydrogen) atoms. The first-order valence-corrected chi connectivity index (χ1v) is 4.95. The molecule has 0 bridgehead atoms. The van der Waals surface area contributed by atoms with Crippen LogP contribution in [-0.2, 0) is 7.05 Å². The van der Waals surface area contributed by atoms with E-state index in [9.17, 15) is 4.79 Å². The van der Waals surface area contributed by atoms with E-state index in [0.717, 1.165) is 0 Å². The quantitative estimate of drug-likeness (QED) is 0.753. The second kappa shape index (κ2) is 3.87. The largest absolute Gasteiger partial charge is 0.333 e. The summed E-state index contributed by atoms with van der Waals surface area (Å²) in [4.78, 5) is 11.8. The SMILES string of the molecule is Cn1cc(C#N)n(-c2ccc(Cl)cc2)c1=O. The first kappa shape index (κ1) is 10.5. The molecule has 0 unspecified atom stereocenters. The molecule has 0 fully saturated rings. The molecule has 2 rings (SSSR count). The van der Waals surface area contributed by atoms with Crippen molar-refractivity contribution in [3.05, 3.63) is 51.7 Å².